The lowest BCUT2D eigenvalue weighted by molar-refractivity contribution is -0.137. The Labute approximate surface area is 176 Å². The number of halogens is 3. The van der Waals surface area contributed by atoms with Crippen molar-refractivity contribution in [2.24, 2.45) is 0 Å². The number of alkyl halides is 3. The van der Waals surface area contributed by atoms with Crippen molar-refractivity contribution in [1.82, 2.24) is 9.97 Å². The second-order valence-corrected chi connectivity index (χ2v) is 6.48. The van der Waals surface area contributed by atoms with E-state index in [0.29, 0.717) is 11.1 Å². The number of hydrogen-bond acceptors (Lipinski definition) is 5. The number of ether oxygens (including phenoxy) is 1. The van der Waals surface area contributed by atoms with Crippen LogP contribution < -0.4 is 15.8 Å². The summed E-state index contributed by atoms with van der Waals surface area (Å²) in [5.74, 6) is 5.45. The lowest BCUT2D eigenvalue weighted by Crippen LogP contribution is -2.14. The summed E-state index contributed by atoms with van der Waals surface area (Å²) in [4.78, 5) is 20.4. The molecule has 3 aromatic rings. The Bertz CT molecular complexity index is 1180. The van der Waals surface area contributed by atoms with Gasteiger partial charge in [-0.05, 0) is 42.8 Å². The van der Waals surface area contributed by atoms with E-state index in [0.717, 1.165) is 23.8 Å². The van der Waals surface area contributed by atoms with Crippen LogP contribution in [0.4, 0.5) is 24.8 Å². The number of nitrogens with zero attached hydrogens (tertiary/aromatic N) is 2. The first-order valence-electron chi connectivity index (χ1n) is 8.94. The molecule has 0 radical (unpaired) electrons. The van der Waals surface area contributed by atoms with Crippen LogP contribution in [0.5, 0.6) is 5.75 Å². The molecule has 158 valence electrons. The van der Waals surface area contributed by atoms with Gasteiger partial charge >= 0.3 is 6.18 Å². The summed E-state index contributed by atoms with van der Waals surface area (Å²) in [5, 5.41) is 2.47. The highest BCUT2D eigenvalue weighted by Crippen LogP contribution is 2.35. The summed E-state index contributed by atoms with van der Waals surface area (Å²) in [7, 11) is 1.30. The van der Waals surface area contributed by atoms with Crippen LogP contribution in [-0.4, -0.2) is 23.0 Å². The van der Waals surface area contributed by atoms with Crippen LogP contribution in [0.15, 0.2) is 48.8 Å². The Balaban J connectivity index is 1.88. The molecule has 31 heavy (non-hydrogen) atoms. The van der Waals surface area contributed by atoms with Gasteiger partial charge in [0, 0.05) is 23.5 Å². The maximum absolute atomic E-state index is 13.0. The molecule has 1 heterocycles. The third kappa shape index (κ3) is 5.30. The van der Waals surface area contributed by atoms with E-state index in [1.54, 1.807) is 18.2 Å². The highest BCUT2D eigenvalue weighted by atomic mass is 19.4. The van der Waals surface area contributed by atoms with Gasteiger partial charge in [0.05, 0.1) is 23.9 Å². The van der Waals surface area contributed by atoms with Crippen molar-refractivity contribution in [2.75, 3.05) is 18.2 Å². The molecule has 0 aliphatic heterocycles. The minimum atomic E-state index is -4.55. The number of amides is 1. The Morgan fingerprint density at radius 2 is 1.81 bits per heavy atom. The van der Waals surface area contributed by atoms with Gasteiger partial charge in [0.2, 0.25) is 5.95 Å². The summed E-state index contributed by atoms with van der Waals surface area (Å²) < 4.78 is 44.1. The molecule has 9 heteroatoms. The maximum Gasteiger partial charge on any atom is 0.416 e. The molecule has 0 unspecified atom stereocenters. The normalized spacial score (nSPS) is 10.7. The maximum atomic E-state index is 13.0. The Morgan fingerprint density at radius 1 is 1.10 bits per heavy atom. The van der Waals surface area contributed by atoms with Gasteiger partial charge in [-0.3, -0.25) is 4.79 Å². The van der Waals surface area contributed by atoms with Crippen molar-refractivity contribution in [1.29, 1.82) is 0 Å². The molecule has 0 saturated carbocycles. The van der Waals surface area contributed by atoms with Gasteiger partial charge in [-0.15, -0.1) is 0 Å². The number of nitrogen functional groups attached to an aromatic ring is 1. The standard InChI is InChI=1S/C22H17F3N4O2/c1-13-3-5-16(9-15(13)6-4-14-11-27-21(26)28-12-14)20(30)29-18-10-17(22(23,24)25)7-8-19(18)31-2/h3,5,7-12H,1-2H3,(H,29,30)(H2,26,27,28). The minimum absolute atomic E-state index is 0.0884. The summed E-state index contributed by atoms with van der Waals surface area (Å²) in [6, 6.07) is 7.67. The molecule has 6 nitrogen and oxygen atoms in total. The number of rotatable bonds is 3. The highest BCUT2D eigenvalue weighted by Gasteiger charge is 2.31. The average Bonchev–Trinajstić information content (AvgIpc) is 2.73. The third-order valence-corrected chi connectivity index (χ3v) is 4.29. The van der Waals surface area contributed by atoms with E-state index >= 15 is 0 Å². The number of carbonyl (C=O) groups is 1. The lowest BCUT2D eigenvalue weighted by Gasteiger charge is -2.14. The molecule has 0 spiro atoms. The predicted molar refractivity (Wildman–Crippen MR) is 110 cm³/mol. The first-order chi connectivity index (χ1) is 14.7. The third-order valence-electron chi connectivity index (χ3n) is 4.29. The first-order valence-corrected chi connectivity index (χ1v) is 8.94. The second-order valence-electron chi connectivity index (χ2n) is 6.48. The smallest absolute Gasteiger partial charge is 0.416 e. The van der Waals surface area contributed by atoms with Gasteiger partial charge in [0.1, 0.15) is 5.75 Å². The van der Waals surface area contributed by atoms with Crippen molar-refractivity contribution < 1.29 is 22.7 Å². The monoisotopic (exact) mass is 426 g/mol. The molecule has 2 aromatic carbocycles. The van der Waals surface area contributed by atoms with Crippen LogP contribution in [0.3, 0.4) is 0 Å². The summed E-state index contributed by atoms with van der Waals surface area (Å²) in [5.41, 5.74) is 6.61. The molecule has 1 amide bonds. The van der Waals surface area contributed by atoms with Crippen LogP contribution in [-0.2, 0) is 6.18 Å². The number of hydrogen-bond donors (Lipinski definition) is 2. The Hall–Kier alpha value is -4.06. The number of nitrogens with two attached hydrogens (primary N) is 1. The topological polar surface area (TPSA) is 90.1 Å². The number of anilines is 2. The SMILES string of the molecule is COc1ccc(C(F)(F)F)cc1NC(=O)c1ccc(C)c(C#Cc2cnc(N)nc2)c1. The van der Waals surface area contributed by atoms with Crippen molar-refractivity contribution in [3.8, 4) is 17.6 Å². The van der Waals surface area contributed by atoms with Gasteiger partial charge in [0.25, 0.3) is 5.91 Å². The fourth-order valence-corrected chi connectivity index (χ4v) is 2.62. The van der Waals surface area contributed by atoms with E-state index in [2.05, 4.69) is 27.1 Å². The predicted octanol–water partition coefficient (Wildman–Crippen LogP) is 4.05. The number of aryl methyl sites for hydroxylation is 1. The molecule has 0 bridgehead atoms. The van der Waals surface area contributed by atoms with Crippen LogP contribution in [0.1, 0.15) is 32.6 Å². The molecule has 0 fully saturated rings. The fourth-order valence-electron chi connectivity index (χ4n) is 2.62. The zero-order chi connectivity index (χ0) is 22.6. The zero-order valence-electron chi connectivity index (χ0n) is 16.5. The molecule has 3 N–H and O–H groups in total. The van der Waals surface area contributed by atoms with Gasteiger partial charge in [-0.2, -0.15) is 13.2 Å². The molecule has 0 aliphatic carbocycles. The molecule has 0 atom stereocenters. The summed E-state index contributed by atoms with van der Waals surface area (Å²) >= 11 is 0. The Morgan fingerprint density at radius 3 is 2.45 bits per heavy atom. The number of nitrogens with one attached hydrogen (secondary N) is 1. The summed E-state index contributed by atoms with van der Waals surface area (Å²) in [6.07, 6.45) is -1.60. The second kappa shape index (κ2) is 8.75. The van der Waals surface area contributed by atoms with Crippen molar-refractivity contribution in [3.05, 3.63) is 76.6 Å². The van der Waals surface area contributed by atoms with E-state index in [4.69, 9.17) is 10.5 Å². The number of aromatic nitrogens is 2. The van der Waals surface area contributed by atoms with E-state index in [9.17, 15) is 18.0 Å². The zero-order valence-corrected chi connectivity index (χ0v) is 16.5. The van der Waals surface area contributed by atoms with Crippen LogP contribution in [0.2, 0.25) is 0 Å². The number of carbonyl (C=O) groups excluding carboxylic acids is 1. The summed E-state index contributed by atoms with van der Waals surface area (Å²) in [6.45, 7) is 1.82. The quantitative estimate of drug-likeness (QED) is 0.617. The fraction of sp³-hybridized carbons (Fsp3) is 0.136. The molecule has 1 aromatic heterocycles. The van der Waals surface area contributed by atoms with Gasteiger partial charge in [0.15, 0.2) is 0 Å². The van der Waals surface area contributed by atoms with Crippen LogP contribution in [0, 0.1) is 18.8 Å². The average molecular weight is 426 g/mol. The van der Waals surface area contributed by atoms with E-state index in [1.807, 2.05) is 6.92 Å². The van der Waals surface area contributed by atoms with Crippen LogP contribution >= 0.6 is 0 Å². The first kappa shape index (κ1) is 21.6. The molecule has 0 saturated heterocycles. The van der Waals surface area contributed by atoms with Crippen molar-refractivity contribution >= 4 is 17.5 Å². The van der Waals surface area contributed by atoms with E-state index < -0.39 is 17.6 Å². The lowest BCUT2D eigenvalue weighted by atomic mass is 10.0. The van der Waals surface area contributed by atoms with E-state index in [-0.39, 0.29) is 22.9 Å². The number of methoxy groups -OCH3 is 1. The molecule has 0 aliphatic rings. The van der Waals surface area contributed by atoms with Gasteiger partial charge in [-0.25, -0.2) is 9.97 Å². The Kier molecular flexibility index (Phi) is 6.11. The largest absolute Gasteiger partial charge is 0.495 e. The highest BCUT2D eigenvalue weighted by molar-refractivity contribution is 6.05. The van der Waals surface area contributed by atoms with Crippen molar-refractivity contribution in [3.63, 3.8) is 0 Å². The van der Waals surface area contributed by atoms with E-state index in [1.165, 1.54) is 19.5 Å². The number of benzene rings is 2. The molecular weight excluding hydrogens is 409 g/mol. The van der Waals surface area contributed by atoms with Gasteiger partial charge in [-0.1, -0.05) is 17.9 Å². The minimum Gasteiger partial charge on any atom is -0.495 e. The van der Waals surface area contributed by atoms with Crippen molar-refractivity contribution in [2.45, 2.75) is 13.1 Å². The molecular formula is C22H17F3N4O2. The van der Waals surface area contributed by atoms with Crippen LogP contribution in [0.25, 0.3) is 0 Å². The van der Waals surface area contributed by atoms with Gasteiger partial charge < -0.3 is 15.8 Å². The molecule has 3 rings (SSSR count).